The summed E-state index contributed by atoms with van der Waals surface area (Å²) in [7, 11) is 1.76. The van der Waals surface area contributed by atoms with Crippen molar-refractivity contribution in [3.05, 3.63) is 77.7 Å². The van der Waals surface area contributed by atoms with Gasteiger partial charge in [-0.1, -0.05) is 0 Å². The number of aromatic nitrogens is 5. The third-order valence-corrected chi connectivity index (χ3v) is 6.70. The van der Waals surface area contributed by atoms with Crippen molar-refractivity contribution in [1.82, 2.24) is 29.0 Å². The second-order valence-electron chi connectivity index (χ2n) is 8.83. The molecule has 0 spiro atoms. The molecule has 1 amide bonds. The zero-order valence-corrected chi connectivity index (χ0v) is 19.1. The van der Waals surface area contributed by atoms with Crippen LogP contribution in [0.2, 0.25) is 0 Å². The fourth-order valence-electron chi connectivity index (χ4n) is 5.02. The molecule has 1 N–H and O–H groups in total. The summed E-state index contributed by atoms with van der Waals surface area (Å²) in [5, 5.41) is 20.3. The van der Waals surface area contributed by atoms with Gasteiger partial charge in [-0.3, -0.25) is 18.7 Å². The van der Waals surface area contributed by atoms with Crippen LogP contribution in [0.25, 0.3) is 27.6 Å². The number of rotatable bonds is 3. The Bertz CT molecular complexity index is 1610. The molecule has 6 rings (SSSR count). The number of fused-ring (bicyclic) bond motifs is 4. The first-order valence-corrected chi connectivity index (χ1v) is 11.4. The number of benzene rings is 2. The van der Waals surface area contributed by atoms with E-state index in [1.54, 1.807) is 56.3 Å². The normalized spacial score (nSPS) is 16.1. The molecular weight excluding hydrogens is 473 g/mol. The van der Waals surface area contributed by atoms with E-state index in [0.29, 0.717) is 30.0 Å². The molecule has 0 radical (unpaired) electrons. The molecule has 36 heavy (non-hydrogen) atoms. The van der Waals surface area contributed by atoms with E-state index in [9.17, 15) is 23.1 Å². The number of carbonyl (C=O) groups excluding carboxylic acids is 1. The molecule has 0 aliphatic carbocycles. The molecule has 1 unspecified atom stereocenters. The Labute approximate surface area is 202 Å². The summed E-state index contributed by atoms with van der Waals surface area (Å²) in [6.07, 6.45) is -0.949. The topological polar surface area (TPSA) is 81.1 Å². The number of alkyl halides is 3. The average molecular weight is 494 g/mol. The number of nitrogens with zero attached hydrogens (tertiary/aromatic N) is 6. The van der Waals surface area contributed by atoms with E-state index in [-0.39, 0.29) is 12.5 Å². The zero-order valence-electron chi connectivity index (χ0n) is 19.1. The quantitative estimate of drug-likeness (QED) is 0.412. The van der Waals surface area contributed by atoms with Gasteiger partial charge in [-0.05, 0) is 48.5 Å². The number of carbonyl (C=O) groups is 1. The first-order chi connectivity index (χ1) is 17.3. The summed E-state index contributed by atoms with van der Waals surface area (Å²) in [4.78, 5) is 15.2. The van der Waals surface area contributed by atoms with E-state index in [1.807, 2.05) is 6.20 Å². The van der Waals surface area contributed by atoms with Gasteiger partial charge in [0.15, 0.2) is 5.65 Å². The van der Waals surface area contributed by atoms with E-state index in [2.05, 4.69) is 10.2 Å². The van der Waals surface area contributed by atoms with Crippen LogP contribution in [0.1, 0.15) is 27.7 Å². The Morgan fingerprint density at radius 2 is 1.86 bits per heavy atom. The van der Waals surface area contributed by atoms with Gasteiger partial charge in [0.2, 0.25) is 0 Å². The van der Waals surface area contributed by atoms with Gasteiger partial charge in [-0.25, -0.2) is 0 Å². The number of aryl methyl sites for hydroxylation is 1. The van der Waals surface area contributed by atoms with Gasteiger partial charge in [-0.15, -0.1) is 0 Å². The summed E-state index contributed by atoms with van der Waals surface area (Å²) in [6.45, 7) is 0.715. The molecule has 184 valence electrons. The van der Waals surface area contributed by atoms with E-state index in [0.717, 1.165) is 34.1 Å². The van der Waals surface area contributed by atoms with E-state index in [1.165, 1.54) is 12.1 Å². The number of halogens is 3. The molecule has 1 aliphatic heterocycles. The maximum Gasteiger partial charge on any atom is 0.416 e. The lowest BCUT2D eigenvalue weighted by Crippen LogP contribution is -2.43. The maximum atomic E-state index is 13.5. The Morgan fingerprint density at radius 1 is 1.08 bits per heavy atom. The van der Waals surface area contributed by atoms with Crippen LogP contribution in [-0.2, 0) is 19.8 Å². The minimum absolute atomic E-state index is 0.220. The van der Waals surface area contributed by atoms with Crippen molar-refractivity contribution in [1.29, 1.82) is 0 Å². The monoisotopic (exact) mass is 494 g/mol. The standard InChI is InChI=1S/C25H21F3N6O2/c1-31-13-19-18-12-15(24(36)32-10-11-33-21(8-9-29-33)22(32)14-35)2-7-20(18)34(23(19)30-31)17-5-3-16(4-6-17)25(26,27)28/h2-9,12-13,22,35H,10-11,14H2,1H3. The Balaban J connectivity index is 1.44. The second-order valence-corrected chi connectivity index (χ2v) is 8.83. The van der Waals surface area contributed by atoms with Crippen LogP contribution >= 0.6 is 0 Å². The minimum atomic E-state index is -4.43. The van der Waals surface area contributed by atoms with Crippen LogP contribution < -0.4 is 0 Å². The van der Waals surface area contributed by atoms with Crippen molar-refractivity contribution in [3.8, 4) is 5.69 Å². The van der Waals surface area contributed by atoms with Crippen LogP contribution in [0.3, 0.4) is 0 Å². The SMILES string of the molecule is Cn1cc2c3cc(C(=O)N4CCn5nccc5C4CO)ccc3n(-c3ccc(C(F)(F)F)cc3)c2n1. The number of aliphatic hydroxyl groups excluding tert-OH is 1. The summed E-state index contributed by atoms with van der Waals surface area (Å²) >= 11 is 0. The van der Waals surface area contributed by atoms with Crippen LogP contribution in [0.15, 0.2) is 60.9 Å². The zero-order chi connectivity index (χ0) is 25.2. The highest BCUT2D eigenvalue weighted by atomic mass is 19.4. The fourth-order valence-corrected chi connectivity index (χ4v) is 5.02. The molecule has 5 aromatic rings. The molecule has 0 saturated heterocycles. The van der Waals surface area contributed by atoms with Gasteiger partial charge < -0.3 is 10.0 Å². The van der Waals surface area contributed by atoms with Crippen molar-refractivity contribution in [3.63, 3.8) is 0 Å². The first kappa shape index (κ1) is 22.4. The summed E-state index contributed by atoms with van der Waals surface area (Å²) in [5.74, 6) is -0.220. The van der Waals surface area contributed by atoms with Gasteiger partial charge in [0.1, 0.15) is 0 Å². The third kappa shape index (κ3) is 3.38. The number of aliphatic hydroxyl groups is 1. The second kappa shape index (κ2) is 7.95. The smallest absolute Gasteiger partial charge is 0.394 e. The molecule has 0 saturated carbocycles. The van der Waals surface area contributed by atoms with Gasteiger partial charge in [-0.2, -0.15) is 23.4 Å². The molecule has 0 bridgehead atoms. The van der Waals surface area contributed by atoms with Gasteiger partial charge in [0, 0.05) is 48.0 Å². The van der Waals surface area contributed by atoms with Crippen LogP contribution in [0.5, 0.6) is 0 Å². The summed E-state index contributed by atoms with van der Waals surface area (Å²) in [5.41, 5.74) is 2.33. The summed E-state index contributed by atoms with van der Waals surface area (Å²) in [6, 6.07) is 11.5. The van der Waals surface area contributed by atoms with E-state index in [4.69, 9.17) is 0 Å². The van der Waals surface area contributed by atoms with E-state index < -0.39 is 17.8 Å². The number of amides is 1. The van der Waals surface area contributed by atoms with Crippen LogP contribution in [0, 0.1) is 0 Å². The Kier molecular flexibility index (Phi) is 4.94. The van der Waals surface area contributed by atoms with Gasteiger partial charge >= 0.3 is 6.18 Å². The molecule has 0 fully saturated rings. The Hall–Kier alpha value is -4.12. The van der Waals surface area contributed by atoms with Crippen LogP contribution in [0.4, 0.5) is 13.2 Å². The first-order valence-electron chi connectivity index (χ1n) is 11.4. The average Bonchev–Trinajstić information content (AvgIpc) is 3.56. The predicted molar refractivity (Wildman–Crippen MR) is 126 cm³/mol. The Morgan fingerprint density at radius 3 is 2.58 bits per heavy atom. The lowest BCUT2D eigenvalue weighted by Gasteiger charge is -2.35. The largest absolute Gasteiger partial charge is 0.416 e. The minimum Gasteiger partial charge on any atom is -0.394 e. The molecule has 1 atom stereocenters. The van der Waals surface area contributed by atoms with Crippen molar-refractivity contribution in [2.75, 3.05) is 13.2 Å². The molecular formula is C25H21F3N6O2. The highest BCUT2D eigenvalue weighted by Crippen LogP contribution is 2.35. The lowest BCUT2D eigenvalue weighted by atomic mass is 10.1. The maximum absolute atomic E-state index is 13.5. The van der Waals surface area contributed by atoms with E-state index >= 15 is 0 Å². The number of hydrogen-bond acceptors (Lipinski definition) is 4. The van der Waals surface area contributed by atoms with Gasteiger partial charge in [0.25, 0.3) is 5.91 Å². The highest BCUT2D eigenvalue weighted by Gasteiger charge is 2.32. The molecule has 1 aliphatic rings. The fraction of sp³-hybridized carbons (Fsp3) is 0.240. The molecule has 2 aromatic carbocycles. The van der Waals surface area contributed by atoms with Crippen molar-refractivity contribution in [2.24, 2.45) is 7.05 Å². The van der Waals surface area contributed by atoms with Crippen molar-refractivity contribution >= 4 is 27.8 Å². The molecule has 8 nitrogen and oxygen atoms in total. The summed E-state index contributed by atoms with van der Waals surface area (Å²) < 4.78 is 44.5. The molecule has 3 aromatic heterocycles. The third-order valence-electron chi connectivity index (χ3n) is 6.70. The highest BCUT2D eigenvalue weighted by molar-refractivity contribution is 6.10. The van der Waals surface area contributed by atoms with Gasteiger partial charge in [0.05, 0.1) is 36.0 Å². The van der Waals surface area contributed by atoms with Crippen molar-refractivity contribution in [2.45, 2.75) is 18.8 Å². The molecule has 4 heterocycles. The predicted octanol–water partition coefficient (Wildman–Crippen LogP) is 3.92. The lowest BCUT2D eigenvalue weighted by molar-refractivity contribution is -0.137. The number of hydrogen-bond donors (Lipinski definition) is 1. The van der Waals surface area contributed by atoms with Crippen LogP contribution in [-0.4, -0.2) is 53.2 Å². The van der Waals surface area contributed by atoms with Crippen molar-refractivity contribution < 1.29 is 23.1 Å². The molecule has 11 heteroatoms.